The van der Waals surface area contributed by atoms with Crippen LogP contribution in [0.1, 0.15) is 341 Å². The second-order valence-electron chi connectivity index (χ2n) is 20.7. The number of carbonyl (C=O) groups is 2. The van der Waals surface area contributed by atoms with E-state index in [0.29, 0.717) is 25.9 Å². The van der Waals surface area contributed by atoms with E-state index in [1.165, 1.54) is 250 Å². The van der Waals surface area contributed by atoms with Crippen LogP contribution in [0.15, 0.2) is 0 Å². The van der Waals surface area contributed by atoms with Gasteiger partial charge < -0.3 is 20.3 Å². The molecule has 0 fully saturated rings. The molecule has 6 nitrogen and oxygen atoms in total. The zero-order valence-corrected chi connectivity index (χ0v) is 44.3. The summed E-state index contributed by atoms with van der Waals surface area (Å²) in [6.07, 6.45) is 63.8. The number of hydrogen-bond acceptors (Lipinski definition) is 5. The Morgan fingerprint density at radius 2 is 0.631 bits per heavy atom. The van der Waals surface area contributed by atoms with Crippen molar-refractivity contribution in [3.05, 3.63) is 0 Å². The summed E-state index contributed by atoms with van der Waals surface area (Å²) in [5.74, 6) is -0.0576. The Bertz CT molecular complexity index is 928. The highest BCUT2D eigenvalue weighted by Gasteiger charge is 2.20. The zero-order chi connectivity index (χ0) is 47.2. The van der Waals surface area contributed by atoms with E-state index < -0.39 is 12.1 Å². The highest BCUT2D eigenvalue weighted by Crippen LogP contribution is 2.18. The van der Waals surface area contributed by atoms with E-state index in [-0.39, 0.29) is 18.5 Å². The molecule has 6 heteroatoms. The number of unbranched alkanes of at least 4 members (excludes halogenated alkanes) is 45. The van der Waals surface area contributed by atoms with Gasteiger partial charge in [-0.15, -0.1) is 0 Å². The van der Waals surface area contributed by atoms with Crippen LogP contribution in [0, 0.1) is 0 Å². The number of rotatable bonds is 56. The molecule has 0 aliphatic rings. The number of esters is 1. The van der Waals surface area contributed by atoms with E-state index in [1.807, 2.05) is 0 Å². The number of nitrogens with one attached hydrogen (secondary N) is 1. The van der Waals surface area contributed by atoms with Crippen molar-refractivity contribution in [2.24, 2.45) is 0 Å². The highest BCUT2D eigenvalue weighted by atomic mass is 16.5. The van der Waals surface area contributed by atoms with Crippen molar-refractivity contribution >= 4 is 11.9 Å². The Balaban J connectivity index is 3.43. The lowest BCUT2D eigenvalue weighted by atomic mass is 10.0. The first-order chi connectivity index (χ1) is 32.0. The molecule has 2 atom stereocenters. The molecule has 0 aromatic carbocycles. The lowest BCUT2D eigenvalue weighted by molar-refractivity contribution is -0.143. The summed E-state index contributed by atoms with van der Waals surface area (Å²) in [5, 5.41) is 23.3. The summed E-state index contributed by atoms with van der Waals surface area (Å²) < 4.78 is 5.48. The van der Waals surface area contributed by atoms with Crippen LogP contribution in [-0.2, 0) is 14.3 Å². The van der Waals surface area contributed by atoms with Gasteiger partial charge in [0.1, 0.15) is 0 Å². The minimum absolute atomic E-state index is 0.00862. The van der Waals surface area contributed by atoms with Crippen LogP contribution in [0.3, 0.4) is 0 Å². The molecular formula is C59H117NO5. The fourth-order valence-corrected chi connectivity index (χ4v) is 9.58. The molecule has 0 aliphatic heterocycles. The molecule has 0 radical (unpaired) electrons. The first-order valence-corrected chi connectivity index (χ1v) is 29.8. The molecule has 0 rings (SSSR count). The Kier molecular flexibility index (Phi) is 54.5. The normalized spacial score (nSPS) is 12.5. The van der Waals surface area contributed by atoms with Crippen molar-refractivity contribution in [1.29, 1.82) is 0 Å². The van der Waals surface area contributed by atoms with Gasteiger partial charge in [-0.2, -0.15) is 0 Å². The van der Waals surface area contributed by atoms with Gasteiger partial charge in [0, 0.05) is 12.8 Å². The summed E-state index contributed by atoms with van der Waals surface area (Å²) in [6.45, 7) is 4.95. The van der Waals surface area contributed by atoms with Gasteiger partial charge >= 0.3 is 5.97 Å². The zero-order valence-electron chi connectivity index (χ0n) is 44.3. The lowest BCUT2D eigenvalue weighted by Crippen LogP contribution is -2.45. The predicted molar refractivity (Wildman–Crippen MR) is 283 cm³/mol. The molecule has 388 valence electrons. The minimum atomic E-state index is -0.676. The van der Waals surface area contributed by atoms with E-state index in [4.69, 9.17) is 4.74 Å². The van der Waals surface area contributed by atoms with Gasteiger partial charge in [0.05, 0.1) is 25.4 Å². The molecule has 0 aromatic rings. The topological polar surface area (TPSA) is 95.9 Å². The molecule has 0 aromatic heterocycles. The van der Waals surface area contributed by atoms with Crippen molar-refractivity contribution in [3.63, 3.8) is 0 Å². The summed E-state index contributed by atoms with van der Waals surface area (Å²) in [4.78, 5) is 24.6. The van der Waals surface area contributed by atoms with Crippen LogP contribution in [-0.4, -0.2) is 47.4 Å². The molecule has 0 saturated heterocycles. The summed E-state index contributed by atoms with van der Waals surface area (Å²) in [5.41, 5.74) is 0. The summed E-state index contributed by atoms with van der Waals surface area (Å²) in [7, 11) is 0. The third-order valence-corrected chi connectivity index (χ3v) is 14.2. The Morgan fingerprint density at radius 3 is 0.938 bits per heavy atom. The van der Waals surface area contributed by atoms with Crippen LogP contribution in [0.2, 0.25) is 0 Å². The quantitative estimate of drug-likeness (QED) is 0.0417. The Labute approximate surface area is 406 Å². The Hall–Kier alpha value is -1.14. The SMILES string of the molecule is CCCCCCCCCCCCCCCCCCCCCCCC(O)C(CO)NC(=O)CCCCCCCCCCCCCOC(=O)CCCCCCCCCCCCCCCCCC. The molecule has 0 heterocycles. The standard InChI is InChI=1S/C59H117NO5/c1-3-5-7-9-11-13-15-17-19-21-22-23-24-25-26-28-31-35-39-43-47-51-57(62)56(55-61)60-58(63)52-48-44-40-36-32-30-34-38-42-46-50-54-65-59(64)53-49-45-41-37-33-29-27-20-18-16-14-12-10-8-6-4-2/h56-57,61-62H,3-55H2,1-2H3,(H,60,63). The van der Waals surface area contributed by atoms with Crippen LogP contribution in [0.5, 0.6) is 0 Å². The van der Waals surface area contributed by atoms with Crippen molar-refractivity contribution in [1.82, 2.24) is 5.32 Å². The summed E-state index contributed by atoms with van der Waals surface area (Å²) >= 11 is 0. The fourth-order valence-electron chi connectivity index (χ4n) is 9.58. The van der Waals surface area contributed by atoms with Crippen LogP contribution in [0.4, 0.5) is 0 Å². The van der Waals surface area contributed by atoms with Gasteiger partial charge in [-0.1, -0.05) is 303 Å². The van der Waals surface area contributed by atoms with Gasteiger partial charge in [-0.25, -0.2) is 0 Å². The molecular weight excluding hydrogens is 803 g/mol. The van der Waals surface area contributed by atoms with Crippen molar-refractivity contribution < 1.29 is 24.5 Å². The number of carbonyl (C=O) groups excluding carboxylic acids is 2. The van der Waals surface area contributed by atoms with Gasteiger partial charge in [0.15, 0.2) is 0 Å². The van der Waals surface area contributed by atoms with Crippen LogP contribution >= 0.6 is 0 Å². The maximum absolute atomic E-state index is 12.5. The van der Waals surface area contributed by atoms with E-state index >= 15 is 0 Å². The Morgan fingerprint density at radius 1 is 0.369 bits per heavy atom. The second-order valence-corrected chi connectivity index (χ2v) is 20.7. The van der Waals surface area contributed by atoms with Crippen molar-refractivity contribution in [2.45, 2.75) is 353 Å². The number of hydrogen-bond donors (Lipinski definition) is 3. The largest absolute Gasteiger partial charge is 0.466 e. The van der Waals surface area contributed by atoms with Gasteiger partial charge in [-0.05, 0) is 25.7 Å². The van der Waals surface area contributed by atoms with Crippen LogP contribution < -0.4 is 5.32 Å². The molecule has 1 amide bonds. The number of ether oxygens (including phenoxy) is 1. The third kappa shape index (κ3) is 52.1. The van der Waals surface area contributed by atoms with Gasteiger partial charge in [0.2, 0.25) is 5.91 Å². The predicted octanol–water partition coefficient (Wildman–Crippen LogP) is 18.3. The summed E-state index contributed by atoms with van der Waals surface area (Å²) in [6, 6.07) is -0.555. The fraction of sp³-hybridized carbons (Fsp3) is 0.966. The van der Waals surface area contributed by atoms with E-state index in [2.05, 4.69) is 19.2 Å². The smallest absolute Gasteiger partial charge is 0.305 e. The first kappa shape index (κ1) is 63.9. The first-order valence-electron chi connectivity index (χ1n) is 29.8. The van der Waals surface area contributed by atoms with E-state index in [1.54, 1.807) is 0 Å². The molecule has 0 bridgehead atoms. The second kappa shape index (κ2) is 55.5. The molecule has 0 spiro atoms. The monoisotopic (exact) mass is 920 g/mol. The highest BCUT2D eigenvalue weighted by molar-refractivity contribution is 5.76. The number of aliphatic hydroxyl groups is 2. The van der Waals surface area contributed by atoms with Crippen LogP contribution in [0.25, 0.3) is 0 Å². The molecule has 2 unspecified atom stereocenters. The third-order valence-electron chi connectivity index (χ3n) is 14.2. The molecule has 65 heavy (non-hydrogen) atoms. The molecule has 0 aliphatic carbocycles. The maximum atomic E-state index is 12.5. The van der Waals surface area contributed by atoms with Crippen molar-refractivity contribution in [3.8, 4) is 0 Å². The number of amides is 1. The van der Waals surface area contributed by atoms with E-state index in [0.717, 1.165) is 57.8 Å². The average molecular weight is 921 g/mol. The lowest BCUT2D eigenvalue weighted by Gasteiger charge is -2.22. The molecule has 3 N–H and O–H groups in total. The maximum Gasteiger partial charge on any atom is 0.305 e. The number of aliphatic hydroxyl groups excluding tert-OH is 2. The minimum Gasteiger partial charge on any atom is -0.466 e. The van der Waals surface area contributed by atoms with Gasteiger partial charge in [-0.3, -0.25) is 9.59 Å². The van der Waals surface area contributed by atoms with E-state index in [9.17, 15) is 19.8 Å². The van der Waals surface area contributed by atoms with Gasteiger partial charge in [0.25, 0.3) is 0 Å². The molecule has 0 saturated carbocycles. The van der Waals surface area contributed by atoms with Crippen molar-refractivity contribution in [2.75, 3.05) is 13.2 Å². The average Bonchev–Trinajstić information content (AvgIpc) is 3.31.